The van der Waals surface area contributed by atoms with Crippen LogP contribution in [0.4, 0.5) is 0 Å². The van der Waals surface area contributed by atoms with E-state index in [4.69, 9.17) is 0 Å². The summed E-state index contributed by atoms with van der Waals surface area (Å²) in [6, 6.07) is 0. The molecule has 0 aliphatic heterocycles. The molecule has 0 spiro atoms. The monoisotopic (exact) mass is 240 g/mol. The Kier molecular flexibility index (Phi) is 11.1. The van der Waals surface area contributed by atoms with Crippen LogP contribution in [0.5, 0.6) is 0 Å². The van der Waals surface area contributed by atoms with Crippen molar-refractivity contribution >= 4 is 0 Å². The van der Waals surface area contributed by atoms with Crippen molar-refractivity contribution in [3.63, 3.8) is 0 Å². The summed E-state index contributed by atoms with van der Waals surface area (Å²) in [6.45, 7) is 11.8. The first-order valence-corrected chi connectivity index (χ1v) is 8.21. The molecule has 0 aromatic carbocycles. The van der Waals surface area contributed by atoms with Crippen LogP contribution >= 0.6 is 0 Å². The lowest BCUT2D eigenvalue weighted by Crippen LogP contribution is -2.12. The highest BCUT2D eigenvalue weighted by molar-refractivity contribution is 4.69. The molecule has 17 heavy (non-hydrogen) atoms. The molecular weight excluding hydrogens is 204 g/mol. The van der Waals surface area contributed by atoms with Gasteiger partial charge in [-0.2, -0.15) is 0 Å². The maximum atomic E-state index is 2.39. The van der Waals surface area contributed by atoms with Crippen LogP contribution in [0.3, 0.4) is 0 Å². The second-order valence-corrected chi connectivity index (χ2v) is 5.87. The highest BCUT2D eigenvalue weighted by Crippen LogP contribution is 2.30. The summed E-state index contributed by atoms with van der Waals surface area (Å²) in [4.78, 5) is 0. The lowest BCUT2D eigenvalue weighted by Gasteiger charge is -2.25. The van der Waals surface area contributed by atoms with Crippen molar-refractivity contribution in [3.8, 4) is 0 Å². The SMILES string of the molecule is CCCC(CCC)CC(CC)CC(CC)CC. The van der Waals surface area contributed by atoms with Gasteiger partial charge in [0.05, 0.1) is 0 Å². The molecule has 0 bridgehead atoms. The molecule has 0 radical (unpaired) electrons. The van der Waals surface area contributed by atoms with Crippen LogP contribution in [0.15, 0.2) is 0 Å². The molecule has 0 heterocycles. The molecule has 0 aliphatic rings. The first kappa shape index (κ1) is 17.0. The summed E-state index contributed by atoms with van der Waals surface area (Å²) in [5.41, 5.74) is 0. The van der Waals surface area contributed by atoms with Gasteiger partial charge in [-0.15, -0.1) is 0 Å². The van der Waals surface area contributed by atoms with Crippen molar-refractivity contribution in [2.75, 3.05) is 0 Å². The number of hydrogen-bond acceptors (Lipinski definition) is 0. The Morgan fingerprint density at radius 1 is 0.529 bits per heavy atom. The van der Waals surface area contributed by atoms with Crippen molar-refractivity contribution in [2.45, 2.75) is 92.4 Å². The smallest absolute Gasteiger partial charge is 0.0412 e. The maximum Gasteiger partial charge on any atom is -0.0412 e. The number of hydrogen-bond donors (Lipinski definition) is 0. The first-order valence-electron chi connectivity index (χ1n) is 8.21. The Hall–Kier alpha value is 0. The van der Waals surface area contributed by atoms with Crippen LogP contribution in [0.2, 0.25) is 0 Å². The lowest BCUT2D eigenvalue weighted by atomic mass is 9.81. The van der Waals surface area contributed by atoms with E-state index in [1.54, 1.807) is 0 Å². The molecule has 1 atom stereocenters. The van der Waals surface area contributed by atoms with Crippen LogP contribution in [-0.4, -0.2) is 0 Å². The topological polar surface area (TPSA) is 0 Å². The van der Waals surface area contributed by atoms with Gasteiger partial charge in [0.15, 0.2) is 0 Å². The van der Waals surface area contributed by atoms with Gasteiger partial charge in [-0.3, -0.25) is 0 Å². The fourth-order valence-electron chi connectivity index (χ4n) is 3.19. The standard InChI is InChI=1S/C17H36/c1-6-11-17(12-7-2)14-16(10-5)13-15(8-3)9-4/h15-17H,6-14H2,1-5H3. The molecule has 0 heteroatoms. The van der Waals surface area contributed by atoms with E-state index < -0.39 is 0 Å². The Morgan fingerprint density at radius 2 is 0.941 bits per heavy atom. The van der Waals surface area contributed by atoms with Crippen molar-refractivity contribution in [1.29, 1.82) is 0 Å². The van der Waals surface area contributed by atoms with E-state index in [1.807, 2.05) is 0 Å². The third kappa shape index (κ3) is 7.84. The van der Waals surface area contributed by atoms with E-state index in [2.05, 4.69) is 34.6 Å². The first-order chi connectivity index (χ1) is 8.21. The average molecular weight is 240 g/mol. The second-order valence-electron chi connectivity index (χ2n) is 5.87. The van der Waals surface area contributed by atoms with E-state index in [-0.39, 0.29) is 0 Å². The zero-order chi connectivity index (χ0) is 13.1. The summed E-state index contributed by atoms with van der Waals surface area (Å²) in [5, 5.41) is 0. The largest absolute Gasteiger partial charge is 0.0654 e. The quantitative estimate of drug-likeness (QED) is 0.389. The van der Waals surface area contributed by atoms with Crippen LogP contribution in [0.25, 0.3) is 0 Å². The summed E-state index contributed by atoms with van der Waals surface area (Å²) in [5.74, 6) is 2.97. The highest BCUT2D eigenvalue weighted by atomic mass is 14.2. The van der Waals surface area contributed by atoms with E-state index in [1.165, 1.54) is 57.8 Å². The predicted molar refractivity (Wildman–Crippen MR) is 80.4 cm³/mol. The van der Waals surface area contributed by atoms with Gasteiger partial charge < -0.3 is 0 Å². The van der Waals surface area contributed by atoms with Gasteiger partial charge in [0.25, 0.3) is 0 Å². The van der Waals surface area contributed by atoms with Crippen molar-refractivity contribution in [3.05, 3.63) is 0 Å². The molecule has 0 amide bonds. The van der Waals surface area contributed by atoms with Gasteiger partial charge in [0, 0.05) is 0 Å². The third-order valence-corrected chi connectivity index (χ3v) is 4.46. The molecule has 0 aliphatic carbocycles. The molecule has 0 fully saturated rings. The van der Waals surface area contributed by atoms with Gasteiger partial charge in [0.2, 0.25) is 0 Å². The second kappa shape index (κ2) is 11.1. The summed E-state index contributed by atoms with van der Waals surface area (Å²) >= 11 is 0. The Balaban J connectivity index is 4.14. The summed E-state index contributed by atoms with van der Waals surface area (Å²) in [7, 11) is 0. The molecule has 104 valence electrons. The van der Waals surface area contributed by atoms with Gasteiger partial charge in [0.1, 0.15) is 0 Å². The minimum Gasteiger partial charge on any atom is -0.0654 e. The lowest BCUT2D eigenvalue weighted by molar-refractivity contribution is 0.268. The summed E-state index contributed by atoms with van der Waals surface area (Å²) in [6.07, 6.45) is 12.7. The van der Waals surface area contributed by atoms with Gasteiger partial charge in [-0.05, 0) is 30.6 Å². The van der Waals surface area contributed by atoms with Crippen LogP contribution in [-0.2, 0) is 0 Å². The Morgan fingerprint density at radius 3 is 1.29 bits per heavy atom. The molecule has 0 nitrogen and oxygen atoms in total. The van der Waals surface area contributed by atoms with Crippen molar-refractivity contribution in [2.24, 2.45) is 17.8 Å². The minimum atomic E-state index is 0.976. The Labute approximate surface area is 111 Å². The van der Waals surface area contributed by atoms with Crippen LogP contribution in [0, 0.1) is 17.8 Å². The zero-order valence-electron chi connectivity index (χ0n) is 13.1. The van der Waals surface area contributed by atoms with Crippen molar-refractivity contribution < 1.29 is 0 Å². The molecular formula is C17H36. The van der Waals surface area contributed by atoms with Crippen LogP contribution < -0.4 is 0 Å². The molecule has 1 unspecified atom stereocenters. The van der Waals surface area contributed by atoms with E-state index in [0.29, 0.717) is 0 Å². The van der Waals surface area contributed by atoms with Crippen molar-refractivity contribution in [1.82, 2.24) is 0 Å². The summed E-state index contributed by atoms with van der Waals surface area (Å²) < 4.78 is 0. The minimum absolute atomic E-state index is 0.976. The number of rotatable bonds is 11. The Bertz CT molecular complexity index is 140. The third-order valence-electron chi connectivity index (χ3n) is 4.46. The molecule has 0 aromatic rings. The fraction of sp³-hybridized carbons (Fsp3) is 1.00. The fourth-order valence-corrected chi connectivity index (χ4v) is 3.19. The van der Waals surface area contributed by atoms with E-state index in [0.717, 1.165) is 17.8 Å². The highest BCUT2D eigenvalue weighted by Gasteiger charge is 2.17. The average Bonchev–Trinajstić information content (AvgIpc) is 2.34. The van der Waals surface area contributed by atoms with Crippen LogP contribution in [0.1, 0.15) is 92.4 Å². The van der Waals surface area contributed by atoms with E-state index in [9.17, 15) is 0 Å². The molecule has 0 rings (SSSR count). The molecule has 0 saturated heterocycles. The molecule has 0 N–H and O–H groups in total. The molecule has 0 aromatic heterocycles. The zero-order valence-corrected chi connectivity index (χ0v) is 13.1. The maximum absolute atomic E-state index is 2.39. The van der Waals surface area contributed by atoms with Gasteiger partial charge in [-0.1, -0.05) is 79.6 Å². The van der Waals surface area contributed by atoms with Gasteiger partial charge in [-0.25, -0.2) is 0 Å². The van der Waals surface area contributed by atoms with E-state index >= 15 is 0 Å². The molecule has 0 saturated carbocycles. The normalized spacial score (nSPS) is 13.6. The van der Waals surface area contributed by atoms with Gasteiger partial charge >= 0.3 is 0 Å². The predicted octanol–water partition coefficient (Wildman–Crippen LogP) is 6.45.